The van der Waals surface area contributed by atoms with E-state index in [0.717, 1.165) is 24.4 Å². The standard InChI is InChI=1S/C22H26N4O3/c27-21(11-10-18-22(28)25-17-8-3-2-7-16(17)24-18)23-15-19(20-9-6-14-29-20)26-12-4-1-5-13-26/h2-3,6-9,14,19H,1,4-5,10-13,15H2,(H,23,27)(H,25,28)/p+1/t19-/m0/s1. The largest absolute Gasteiger partial charge is 0.463 e. The number of furan rings is 1. The normalized spacial score (nSPS) is 16.0. The van der Waals surface area contributed by atoms with Gasteiger partial charge in [-0.3, -0.25) is 9.59 Å². The molecule has 0 aliphatic carbocycles. The first-order valence-electron chi connectivity index (χ1n) is 10.3. The number of quaternary nitrogens is 1. The molecule has 1 fully saturated rings. The topological polar surface area (TPSA) is 92.4 Å². The fourth-order valence-electron chi connectivity index (χ4n) is 4.06. The van der Waals surface area contributed by atoms with Gasteiger partial charge in [-0.15, -0.1) is 0 Å². The molecule has 4 rings (SSSR count). The molecule has 0 radical (unpaired) electrons. The van der Waals surface area contributed by atoms with E-state index < -0.39 is 0 Å². The molecule has 1 saturated heterocycles. The van der Waals surface area contributed by atoms with Crippen LogP contribution >= 0.6 is 0 Å². The molecule has 1 aliphatic rings. The smallest absolute Gasteiger partial charge is 0.270 e. The molecule has 1 amide bonds. The lowest BCUT2D eigenvalue weighted by molar-refractivity contribution is -0.936. The number of fused-ring (bicyclic) bond motifs is 1. The summed E-state index contributed by atoms with van der Waals surface area (Å²) in [6.45, 7) is 2.72. The van der Waals surface area contributed by atoms with E-state index in [1.807, 2.05) is 36.4 Å². The Bertz CT molecular complexity index is 1010. The number of para-hydroxylation sites is 2. The van der Waals surface area contributed by atoms with Gasteiger partial charge in [0.05, 0.1) is 36.9 Å². The second-order valence-electron chi connectivity index (χ2n) is 7.62. The van der Waals surface area contributed by atoms with Crippen molar-refractivity contribution < 1.29 is 14.1 Å². The molecule has 3 heterocycles. The minimum atomic E-state index is -0.234. The zero-order valence-corrected chi connectivity index (χ0v) is 16.4. The molecule has 1 aliphatic heterocycles. The Balaban J connectivity index is 1.36. The summed E-state index contributed by atoms with van der Waals surface area (Å²) in [6.07, 6.45) is 5.91. The Labute approximate surface area is 169 Å². The highest BCUT2D eigenvalue weighted by molar-refractivity contribution is 5.76. The first-order chi connectivity index (χ1) is 14.2. The molecular weight excluding hydrogens is 368 g/mol. The van der Waals surface area contributed by atoms with E-state index in [9.17, 15) is 9.59 Å². The minimum Gasteiger partial charge on any atom is -0.463 e. The molecule has 2 aromatic heterocycles. The maximum absolute atomic E-state index is 12.5. The molecule has 29 heavy (non-hydrogen) atoms. The molecule has 0 bridgehead atoms. The number of piperidine rings is 1. The zero-order chi connectivity index (χ0) is 20.1. The van der Waals surface area contributed by atoms with Crippen molar-refractivity contribution in [3.63, 3.8) is 0 Å². The molecular formula is C22H27N4O3+. The van der Waals surface area contributed by atoms with Crippen LogP contribution in [0.2, 0.25) is 0 Å². The second-order valence-corrected chi connectivity index (χ2v) is 7.62. The molecule has 1 aromatic carbocycles. The quantitative estimate of drug-likeness (QED) is 0.563. The van der Waals surface area contributed by atoms with Gasteiger partial charge >= 0.3 is 0 Å². The van der Waals surface area contributed by atoms with Crippen molar-refractivity contribution in [2.45, 2.75) is 38.1 Å². The highest BCUT2D eigenvalue weighted by Crippen LogP contribution is 2.12. The van der Waals surface area contributed by atoms with Gasteiger partial charge in [-0.1, -0.05) is 12.1 Å². The molecule has 1 atom stereocenters. The van der Waals surface area contributed by atoms with Gasteiger partial charge < -0.3 is 19.6 Å². The molecule has 3 N–H and O–H groups in total. The summed E-state index contributed by atoms with van der Waals surface area (Å²) < 4.78 is 5.64. The number of hydrogen-bond acceptors (Lipinski definition) is 4. The van der Waals surface area contributed by atoms with Crippen LogP contribution in [0.15, 0.2) is 51.9 Å². The predicted octanol–water partition coefficient (Wildman–Crippen LogP) is 1.37. The van der Waals surface area contributed by atoms with Crippen LogP contribution in [0.25, 0.3) is 11.0 Å². The summed E-state index contributed by atoms with van der Waals surface area (Å²) in [5.41, 5.74) is 1.59. The van der Waals surface area contributed by atoms with Crippen molar-refractivity contribution in [1.82, 2.24) is 15.3 Å². The van der Waals surface area contributed by atoms with E-state index in [1.54, 1.807) is 6.26 Å². The molecule has 0 saturated carbocycles. The molecule has 3 aromatic rings. The molecule has 0 unspecified atom stereocenters. The number of aromatic amines is 1. The highest BCUT2D eigenvalue weighted by atomic mass is 16.3. The lowest BCUT2D eigenvalue weighted by atomic mass is 10.1. The van der Waals surface area contributed by atoms with E-state index in [4.69, 9.17) is 4.42 Å². The van der Waals surface area contributed by atoms with Crippen LogP contribution in [-0.2, 0) is 11.2 Å². The van der Waals surface area contributed by atoms with E-state index >= 15 is 0 Å². The number of benzene rings is 1. The highest BCUT2D eigenvalue weighted by Gasteiger charge is 2.28. The summed E-state index contributed by atoms with van der Waals surface area (Å²) in [4.78, 5) is 33.4. The van der Waals surface area contributed by atoms with Gasteiger partial charge in [0.1, 0.15) is 5.69 Å². The minimum absolute atomic E-state index is 0.0766. The third-order valence-corrected chi connectivity index (χ3v) is 5.64. The first-order valence-corrected chi connectivity index (χ1v) is 10.3. The van der Waals surface area contributed by atoms with Crippen LogP contribution in [0, 0.1) is 0 Å². The van der Waals surface area contributed by atoms with Crippen molar-refractivity contribution in [2.24, 2.45) is 0 Å². The van der Waals surface area contributed by atoms with Crippen LogP contribution in [0.1, 0.15) is 43.2 Å². The number of carbonyl (C=O) groups is 1. The Morgan fingerprint density at radius 1 is 1.17 bits per heavy atom. The van der Waals surface area contributed by atoms with E-state index in [0.29, 0.717) is 24.2 Å². The summed E-state index contributed by atoms with van der Waals surface area (Å²) in [5, 5.41) is 3.04. The Morgan fingerprint density at radius 2 is 2.00 bits per heavy atom. The van der Waals surface area contributed by atoms with E-state index in [-0.39, 0.29) is 23.9 Å². The van der Waals surface area contributed by atoms with E-state index in [2.05, 4.69) is 15.3 Å². The second kappa shape index (κ2) is 9.05. The third kappa shape index (κ3) is 4.74. The predicted molar refractivity (Wildman–Crippen MR) is 110 cm³/mol. The Kier molecular flexibility index (Phi) is 6.05. The van der Waals surface area contributed by atoms with Crippen molar-refractivity contribution in [2.75, 3.05) is 19.6 Å². The van der Waals surface area contributed by atoms with Gasteiger partial charge in [-0.25, -0.2) is 4.98 Å². The number of nitrogens with zero attached hydrogens (tertiary/aromatic N) is 1. The van der Waals surface area contributed by atoms with Gasteiger partial charge in [0, 0.05) is 12.8 Å². The lowest BCUT2D eigenvalue weighted by Crippen LogP contribution is -3.13. The molecule has 7 nitrogen and oxygen atoms in total. The SMILES string of the molecule is O=C(CCc1nc2ccccc2[nH]c1=O)NC[C@@H](c1ccco1)[NH+]1CCCCC1. The number of aryl methyl sites for hydroxylation is 1. The fourth-order valence-corrected chi connectivity index (χ4v) is 4.06. The zero-order valence-electron chi connectivity index (χ0n) is 16.4. The van der Waals surface area contributed by atoms with Crippen molar-refractivity contribution in [3.8, 4) is 0 Å². The van der Waals surface area contributed by atoms with Crippen molar-refractivity contribution >= 4 is 16.9 Å². The van der Waals surface area contributed by atoms with Crippen molar-refractivity contribution in [1.29, 1.82) is 0 Å². The monoisotopic (exact) mass is 395 g/mol. The Morgan fingerprint density at radius 3 is 2.79 bits per heavy atom. The maximum Gasteiger partial charge on any atom is 0.270 e. The maximum atomic E-state index is 12.5. The number of nitrogens with one attached hydrogen (secondary N) is 3. The fraction of sp³-hybridized carbons (Fsp3) is 0.409. The number of likely N-dealkylation sites (tertiary alicyclic amines) is 1. The molecule has 0 spiro atoms. The lowest BCUT2D eigenvalue weighted by Gasteiger charge is -2.30. The number of rotatable bonds is 7. The summed E-state index contributed by atoms with van der Waals surface area (Å²) in [5.74, 6) is 0.835. The number of hydrogen-bond donors (Lipinski definition) is 3. The van der Waals surface area contributed by atoms with E-state index in [1.165, 1.54) is 24.2 Å². The average molecular weight is 395 g/mol. The number of aromatic nitrogens is 2. The van der Waals surface area contributed by atoms with Crippen LogP contribution in [0.5, 0.6) is 0 Å². The average Bonchev–Trinajstić information content (AvgIpc) is 3.28. The Hall–Kier alpha value is -2.93. The van der Waals surface area contributed by atoms with Crippen LogP contribution in [-0.4, -0.2) is 35.5 Å². The van der Waals surface area contributed by atoms with Crippen LogP contribution in [0.4, 0.5) is 0 Å². The number of carbonyl (C=O) groups excluding carboxylic acids is 1. The van der Waals surface area contributed by atoms with Gasteiger partial charge in [-0.2, -0.15) is 0 Å². The first kappa shape index (κ1) is 19.4. The van der Waals surface area contributed by atoms with Crippen LogP contribution in [0.3, 0.4) is 0 Å². The van der Waals surface area contributed by atoms with Crippen LogP contribution < -0.4 is 15.8 Å². The van der Waals surface area contributed by atoms with Gasteiger partial charge in [0.25, 0.3) is 5.56 Å². The van der Waals surface area contributed by atoms with Crippen molar-refractivity contribution in [3.05, 3.63) is 64.5 Å². The number of amides is 1. The van der Waals surface area contributed by atoms with Gasteiger partial charge in [-0.05, 0) is 43.5 Å². The molecule has 7 heteroatoms. The summed E-state index contributed by atoms with van der Waals surface area (Å²) in [7, 11) is 0. The molecule has 152 valence electrons. The third-order valence-electron chi connectivity index (χ3n) is 5.64. The van der Waals surface area contributed by atoms with Gasteiger partial charge in [0.15, 0.2) is 11.8 Å². The number of H-pyrrole nitrogens is 1. The summed E-state index contributed by atoms with van der Waals surface area (Å²) in [6, 6.07) is 11.4. The van der Waals surface area contributed by atoms with Gasteiger partial charge in [0.2, 0.25) is 5.91 Å². The summed E-state index contributed by atoms with van der Waals surface area (Å²) >= 11 is 0.